The number of nitrogens with zero attached hydrogens (tertiary/aromatic N) is 1. The number of aryl methyl sites for hydroxylation is 1. The highest BCUT2D eigenvalue weighted by molar-refractivity contribution is 7.12. The Morgan fingerprint density at radius 1 is 1.24 bits per heavy atom. The summed E-state index contributed by atoms with van der Waals surface area (Å²) >= 11 is 2.01. The van der Waals surface area contributed by atoms with E-state index >= 15 is 0 Å². The Morgan fingerprint density at radius 2 is 2.06 bits per heavy atom. The molecule has 3 heteroatoms. The Bertz CT molecular complexity index is 380. The largest absolute Gasteiger partial charge is 0.309 e. The molecule has 0 saturated heterocycles. The van der Waals surface area contributed by atoms with E-state index in [4.69, 9.17) is 4.98 Å². The van der Waals surface area contributed by atoms with Crippen LogP contribution in [-0.2, 0) is 6.42 Å². The summed E-state index contributed by atoms with van der Waals surface area (Å²) < 4.78 is 0. The molecule has 1 saturated carbocycles. The smallest absolute Gasteiger partial charge is 0.0962 e. The number of aromatic nitrogens is 1. The lowest BCUT2D eigenvalue weighted by Gasteiger charge is -2.21. The van der Waals surface area contributed by atoms with Gasteiger partial charge in [-0.2, -0.15) is 0 Å². The minimum Gasteiger partial charge on any atom is -0.309 e. The van der Waals surface area contributed by atoms with Gasteiger partial charge in [0.1, 0.15) is 0 Å². The van der Waals surface area contributed by atoms with Gasteiger partial charge in [0, 0.05) is 16.8 Å². The van der Waals surface area contributed by atoms with Crippen LogP contribution < -0.4 is 5.32 Å². The van der Waals surface area contributed by atoms with E-state index in [1.165, 1.54) is 55.6 Å². The molecule has 2 nitrogen and oxygen atoms in total. The van der Waals surface area contributed by atoms with E-state index in [-0.39, 0.29) is 0 Å². The SMILES string of the molecule is CCNC1CCCc2nc(C3CCCC3)sc21. The molecule has 0 aliphatic heterocycles. The van der Waals surface area contributed by atoms with E-state index in [0.717, 1.165) is 12.5 Å². The summed E-state index contributed by atoms with van der Waals surface area (Å²) in [4.78, 5) is 6.50. The van der Waals surface area contributed by atoms with Crippen molar-refractivity contribution in [2.24, 2.45) is 0 Å². The lowest BCUT2D eigenvalue weighted by Crippen LogP contribution is -2.23. The molecular formula is C14H22N2S. The summed E-state index contributed by atoms with van der Waals surface area (Å²) in [5.41, 5.74) is 1.41. The third kappa shape index (κ3) is 2.27. The second kappa shape index (κ2) is 5.07. The third-order valence-electron chi connectivity index (χ3n) is 4.12. The third-order valence-corrected chi connectivity index (χ3v) is 5.50. The Morgan fingerprint density at radius 3 is 2.82 bits per heavy atom. The van der Waals surface area contributed by atoms with Gasteiger partial charge < -0.3 is 5.32 Å². The van der Waals surface area contributed by atoms with E-state index in [1.54, 1.807) is 4.88 Å². The fraction of sp³-hybridized carbons (Fsp3) is 0.786. The standard InChI is InChI=1S/C14H22N2S/c1-2-15-11-8-5-9-12-13(11)17-14(16-12)10-6-3-4-7-10/h10-11,15H,2-9H2,1H3. The lowest BCUT2D eigenvalue weighted by molar-refractivity contribution is 0.476. The Kier molecular flexibility index (Phi) is 3.48. The molecule has 1 aromatic rings. The van der Waals surface area contributed by atoms with Gasteiger partial charge in [0.2, 0.25) is 0 Å². The van der Waals surface area contributed by atoms with Gasteiger partial charge >= 0.3 is 0 Å². The van der Waals surface area contributed by atoms with Gasteiger partial charge in [-0.3, -0.25) is 0 Å². The van der Waals surface area contributed by atoms with Crippen LogP contribution in [0.2, 0.25) is 0 Å². The minimum atomic E-state index is 0.594. The average Bonchev–Trinajstić information content (AvgIpc) is 2.98. The van der Waals surface area contributed by atoms with Crippen molar-refractivity contribution >= 4 is 11.3 Å². The fourth-order valence-corrected chi connectivity index (χ4v) is 4.62. The number of rotatable bonds is 3. The van der Waals surface area contributed by atoms with Crippen molar-refractivity contribution in [3.05, 3.63) is 15.6 Å². The second-order valence-corrected chi connectivity index (χ2v) is 6.41. The van der Waals surface area contributed by atoms with E-state index in [9.17, 15) is 0 Å². The first-order valence-corrected chi connectivity index (χ1v) is 7.93. The molecule has 1 atom stereocenters. The van der Waals surface area contributed by atoms with Gasteiger partial charge in [-0.15, -0.1) is 11.3 Å². The highest BCUT2D eigenvalue weighted by Gasteiger charge is 2.27. The van der Waals surface area contributed by atoms with E-state index < -0.39 is 0 Å². The molecular weight excluding hydrogens is 228 g/mol. The zero-order chi connectivity index (χ0) is 11.7. The predicted octanol–water partition coefficient (Wildman–Crippen LogP) is 3.79. The topological polar surface area (TPSA) is 24.9 Å². The highest BCUT2D eigenvalue weighted by atomic mass is 32.1. The van der Waals surface area contributed by atoms with Crippen LogP contribution in [-0.4, -0.2) is 11.5 Å². The highest BCUT2D eigenvalue weighted by Crippen LogP contribution is 2.41. The van der Waals surface area contributed by atoms with Crippen molar-refractivity contribution in [2.45, 2.75) is 63.8 Å². The molecule has 1 N–H and O–H groups in total. The van der Waals surface area contributed by atoms with Gasteiger partial charge in [-0.25, -0.2) is 4.98 Å². The van der Waals surface area contributed by atoms with Crippen molar-refractivity contribution in [3.8, 4) is 0 Å². The molecule has 0 radical (unpaired) electrons. The Balaban J connectivity index is 1.84. The second-order valence-electron chi connectivity index (χ2n) is 5.35. The van der Waals surface area contributed by atoms with Crippen molar-refractivity contribution in [2.75, 3.05) is 6.54 Å². The molecule has 2 aliphatic rings. The van der Waals surface area contributed by atoms with Crippen molar-refractivity contribution in [1.29, 1.82) is 0 Å². The Labute approximate surface area is 108 Å². The summed E-state index contributed by atoms with van der Waals surface area (Å²) in [5.74, 6) is 0.785. The number of hydrogen-bond donors (Lipinski definition) is 1. The van der Waals surface area contributed by atoms with Crippen molar-refractivity contribution < 1.29 is 0 Å². The first-order valence-electron chi connectivity index (χ1n) is 7.11. The molecule has 1 unspecified atom stereocenters. The van der Waals surface area contributed by atoms with Crippen LogP contribution in [0, 0.1) is 0 Å². The van der Waals surface area contributed by atoms with Crippen LogP contribution in [0.1, 0.15) is 73.0 Å². The van der Waals surface area contributed by atoms with E-state index in [2.05, 4.69) is 12.2 Å². The zero-order valence-corrected chi connectivity index (χ0v) is 11.5. The predicted molar refractivity (Wildman–Crippen MR) is 72.7 cm³/mol. The summed E-state index contributed by atoms with van der Waals surface area (Å²) in [6.45, 7) is 3.27. The summed E-state index contributed by atoms with van der Waals surface area (Å²) in [6, 6.07) is 0.594. The van der Waals surface area contributed by atoms with Crippen LogP contribution in [0.3, 0.4) is 0 Å². The molecule has 1 aromatic heterocycles. The van der Waals surface area contributed by atoms with Gasteiger partial charge in [0.25, 0.3) is 0 Å². The molecule has 17 heavy (non-hydrogen) atoms. The van der Waals surface area contributed by atoms with Gasteiger partial charge in [-0.05, 0) is 38.6 Å². The maximum absolute atomic E-state index is 4.94. The van der Waals surface area contributed by atoms with E-state index in [1.807, 2.05) is 11.3 Å². The monoisotopic (exact) mass is 250 g/mol. The quantitative estimate of drug-likeness (QED) is 0.883. The number of fused-ring (bicyclic) bond motifs is 1. The normalized spacial score (nSPS) is 25.1. The number of nitrogens with one attached hydrogen (secondary N) is 1. The van der Waals surface area contributed by atoms with E-state index in [0.29, 0.717) is 6.04 Å². The van der Waals surface area contributed by atoms with Gasteiger partial charge in [0.15, 0.2) is 0 Å². The lowest BCUT2D eigenvalue weighted by atomic mass is 9.98. The van der Waals surface area contributed by atoms with Crippen molar-refractivity contribution in [3.63, 3.8) is 0 Å². The molecule has 0 aromatic carbocycles. The zero-order valence-electron chi connectivity index (χ0n) is 10.7. The first-order chi connectivity index (χ1) is 8.38. The molecule has 2 aliphatic carbocycles. The summed E-state index contributed by atoms with van der Waals surface area (Å²) in [5, 5.41) is 5.06. The summed E-state index contributed by atoms with van der Waals surface area (Å²) in [7, 11) is 0. The average molecular weight is 250 g/mol. The molecule has 0 spiro atoms. The molecule has 1 fully saturated rings. The number of thiazole rings is 1. The van der Waals surface area contributed by atoms with Gasteiger partial charge in [0.05, 0.1) is 10.7 Å². The van der Waals surface area contributed by atoms with Crippen LogP contribution in [0.15, 0.2) is 0 Å². The molecule has 94 valence electrons. The molecule has 1 heterocycles. The maximum Gasteiger partial charge on any atom is 0.0962 e. The van der Waals surface area contributed by atoms with Crippen LogP contribution in [0.4, 0.5) is 0 Å². The first kappa shape index (κ1) is 11.7. The molecule has 0 bridgehead atoms. The number of hydrogen-bond acceptors (Lipinski definition) is 3. The van der Waals surface area contributed by atoms with Crippen LogP contribution in [0.25, 0.3) is 0 Å². The fourth-order valence-electron chi connectivity index (χ4n) is 3.23. The summed E-state index contributed by atoms with van der Waals surface area (Å²) in [6.07, 6.45) is 9.37. The van der Waals surface area contributed by atoms with Crippen LogP contribution >= 0.6 is 11.3 Å². The van der Waals surface area contributed by atoms with Gasteiger partial charge in [-0.1, -0.05) is 19.8 Å². The Hall–Kier alpha value is -0.410. The maximum atomic E-state index is 4.94. The molecule has 0 amide bonds. The minimum absolute atomic E-state index is 0.594. The molecule has 3 rings (SSSR count). The van der Waals surface area contributed by atoms with Crippen LogP contribution in [0.5, 0.6) is 0 Å². The van der Waals surface area contributed by atoms with Crippen molar-refractivity contribution in [1.82, 2.24) is 10.3 Å².